The van der Waals surface area contributed by atoms with Gasteiger partial charge in [-0.2, -0.15) is 19.2 Å². The molecule has 0 aliphatic carbocycles. The van der Waals surface area contributed by atoms with E-state index in [9.17, 15) is 10.2 Å². The molecule has 6 aliphatic heterocycles. The van der Waals surface area contributed by atoms with Gasteiger partial charge in [-0.05, 0) is 113 Å². The van der Waals surface area contributed by atoms with Crippen molar-refractivity contribution in [3.8, 4) is 0 Å². The zero-order valence-corrected chi connectivity index (χ0v) is 34.9. The van der Waals surface area contributed by atoms with E-state index < -0.39 is 11.2 Å². The van der Waals surface area contributed by atoms with Gasteiger partial charge in [0.05, 0.1) is 48.3 Å². The van der Waals surface area contributed by atoms with Crippen molar-refractivity contribution >= 4 is 35.1 Å². The number of aliphatic hydroxyl groups is 2. The molecule has 8 rings (SSSR count). The Balaban J connectivity index is 0.000000223. The third kappa shape index (κ3) is 8.53. The number of benzene rings is 2. The van der Waals surface area contributed by atoms with E-state index >= 15 is 0 Å². The van der Waals surface area contributed by atoms with Gasteiger partial charge in [-0.1, -0.05) is 70.0 Å². The summed E-state index contributed by atoms with van der Waals surface area (Å²) in [5, 5.41) is 23.3. The minimum Gasteiger partial charge on any atom is -0.504 e. The minimum absolute atomic E-state index is 0. The lowest BCUT2D eigenvalue weighted by molar-refractivity contribution is -0.193. The number of rotatable bonds is 5. The van der Waals surface area contributed by atoms with Crippen molar-refractivity contribution in [3.05, 3.63) is 82.1 Å². The summed E-state index contributed by atoms with van der Waals surface area (Å²) >= 11 is 0. The number of hydrogen-bond donors (Lipinski definition) is 2. The Hall–Kier alpha value is -4.34. The van der Waals surface area contributed by atoms with Crippen molar-refractivity contribution in [1.82, 2.24) is 9.80 Å². The second-order valence-electron chi connectivity index (χ2n) is 16.5. The smallest absolute Gasteiger partial charge is 0.373 e. The molecule has 58 heavy (non-hydrogen) atoms. The highest BCUT2D eigenvalue weighted by Crippen LogP contribution is 2.51. The maximum Gasteiger partial charge on any atom is 0.373 e. The van der Waals surface area contributed by atoms with E-state index in [2.05, 4.69) is 88.6 Å². The lowest BCUT2D eigenvalue weighted by Gasteiger charge is -2.50. The van der Waals surface area contributed by atoms with Crippen LogP contribution in [0, 0.1) is 37.5 Å². The quantitative estimate of drug-likeness (QED) is 0.229. The number of fused-ring (bicyclic) bond motifs is 10. The number of allylic oxidation sites excluding steroid dienone is 3. The van der Waals surface area contributed by atoms with Gasteiger partial charge in [-0.25, -0.2) is 0 Å². The molecule has 2 aromatic rings. The van der Waals surface area contributed by atoms with Gasteiger partial charge >= 0.3 is 12.3 Å². The predicted molar refractivity (Wildman–Crippen MR) is 225 cm³/mol. The van der Waals surface area contributed by atoms with E-state index in [0.29, 0.717) is 23.7 Å². The van der Waals surface area contributed by atoms with Gasteiger partial charge in [0, 0.05) is 37.3 Å². The van der Waals surface area contributed by atoms with Crippen molar-refractivity contribution in [1.29, 1.82) is 0 Å². The van der Waals surface area contributed by atoms with Crippen molar-refractivity contribution in [2.75, 3.05) is 33.3 Å². The molecule has 0 saturated carbocycles. The van der Waals surface area contributed by atoms with Crippen molar-refractivity contribution in [3.63, 3.8) is 0 Å². The molecule has 0 amide bonds. The van der Waals surface area contributed by atoms with Gasteiger partial charge in [0.1, 0.15) is 11.2 Å². The number of ether oxygens (including phenoxy) is 1. The first-order valence-electron chi connectivity index (χ1n) is 20.4. The Morgan fingerprint density at radius 1 is 0.776 bits per heavy atom. The van der Waals surface area contributed by atoms with Crippen LogP contribution in [0.2, 0.25) is 0 Å². The van der Waals surface area contributed by atoms with E-state index in [0.717, 1.165) is 96.9 Å². The van der Waals surface area contributed by atoms with E-state index in [1.54, 1.807) is 7.11 Å². The van der Waals surface area contributed by atoms with Crippen LogP contribution in [0.4, 0.5) is 11.4 Å². The van der Waals surface area contributed by atoms with Gasteiger partial charge in [-0.3, -0.25) is 19.8 Å². The van der Waals surface area contributed by atoms with Crippen LogP contribution >= 0.6 is 0 Å². The Kier molecular flexibility index (Phi) is 15.7. The van der Waals surface area contributed by atoms with E-state index in [1.807, 2.05) is 18.4 Å². The molecular weight excluding hydrogens is 733 g/mol. The fourth-order valence-electron chi connectivity index (χ4n) is 10.9. The lowest BCUT2D eigenvalue weighted by atomic mass is 9.70. The number of carbonyl (C=O) groups excluding carboxylic acids is 4. The summed E-state index contributed by atoms with van der Waals surface area (Å²) in [5.74, 6) is 2.43. The van der Waals surface area contributed by atoms with Crippen LogP contribution < -0.4 is 0 Å². The predicted octanol–water partition coefficient (Wildman–Crippen LogP) is 7.76. The lowest BCUT2D eigenvalue weighted by Crippen LogP contribution is -2.60. The van der Waals surface area contributed by atoms with E-state index in [-0.39, 0.29) is 31.8 Å². The average molecular weight is 797 g/mol. The molecule has 11 nitrogen and oxygen atoms in total. The van der Waals surface area contributed by atoms with Crippen molar-refractivity contribution < 1.29 is 34.1 Å². The van der Waals surface area contributed by atoms with Crippen LogP contribution in [0.25, 0.3) is 0 Å². The van der Waals surface area contributed by atoms with Crippen LogP contribution in [0.1, 0.15) is 103 Å². The van der Waals surface area contributed by atoms with Crippen LogP contribution in [0.15, 0.2) is 69.9 Å². The summed E-state index contributed by atoms with van der Waals surface area (Å²) in [7, 11) is 1.72. The summed E-state index contributed by atoms with van der Waals surface area (Å²) < 4.78 is 5.30. The van der Waals surface area contributed by atoms with Gasteiger partial charge in [0.25, 0.3) is 0 Å². The molecule has 4 saturated heterocycles. The summed E-state index contributed by atoms with van der Waals surface area (Å²) in [6, 6.07) is 12.9. The highest BCUT2D eigenvalue weighted by atomic mass is 16.5. The summed E-state index contributed by atoms with van der Waals surface area (Å²) in [6.45, 7) is 19.5. The number of aryl methyl sites for hydroxylation is 2. The monoisotopic (exact) mass is 796 g/mol. The first kappa shape index (κ1) is 46.4. The standard InChI is InChI=1S/C22H30N2O2.C22H30N2O.2CO2.CH4/c1-5-16-12-24-10-9-22(25)20-14(2)7-6-8-18(20)23-21(22)19(24)11-17(16)15(3)13-26-4;1-5-14(3)17-12-19-21-22(25,10-11-24(19)13-16(17)6-2)20-15(4)8-7-9-18(20)23-21;2*2-1-3;/h6-8,13,16-17,19,25H,5,9-12H2,1-4H3;5,7-9,16-17,19,25H,6,10-13H2,1-4H3;;;1H4/b15-13+;14-5-;;;/t2*16-,17-,19+,22+;;;/m11.../s1. The maximum absolute atomic E-state index is 11.6. The third-order valence-corrected chi connectivity index (χ3v) is 13.7. The number of aliphatic imine (C=N–C) groups is 2. The Morgan fingerprint density at radius 2 is 1.17 bits per heavy atom. The van der Waals surface area contributed by atoms with Crippen molar-refractivity contribution in [2.45, 2.75) is 118 Å². The molecule has 314 valence electrons. The molecule has 2 aromatic carbocycles. The van der Waals surface area contributed by atoms with Gasteiger partial charge in [0.2, 0.25) is 0 Å². The van der Waals surface area contributed by atoms with Crippen LogP contribution in [-0.4, -0.2) is 89.1 Å². The van der Waals surface area contributed by atoms with Crippen LogP contribution in [0.3, 0.4) is 0 Å². The second-order valence-corrected chi connectivity index (χ2v) is 16.5. The van der Waals surface area contributed by atoms with Crippen LogP contribution in [0.5, 0.6) is 0 Å². The molecule has 4 fully saturated rings. The highest BCUT2D eigenvalue weighted by Gasteiger charge is 2.54. The molecule has 6 aliphatic rings. The number of piperidine rings is 4. The zero-order chi connectivity index (χ0) is 41.7. The molecule has 0 bridgehead atoms. The Labute approximate surface area is 345 Å². The topological polar surface area (TPSA) is 149 Å². The number of nitrogens with zero attached hydrogens (tertiary/aromatic N) is 4. The molecule has 8 atom stereocenters. The summed E-state index contributed by atoms with van der Waals surface area (Å²) in [6.07, 6.45) is 10.7. The molecule has 0 radical (unpaired) electrons. The average Bonchev–Trinajstić information content (AvgIpc) is 3.70. The first-order valence-corrected chi connectivity index (χ1v) is 20.4. The fraction of sp³-hybridized carbons (Fsp3) is 0.574. The molecule has 0 aromatic heterocycles. The molecule has 0 unspecified atom stereocenters. The van der Waals surface area contributed by atoms with Crippen LogP contribution in [-0.2, 0) is 35.1 Å². The van der Waals surface area contributed by atoms with Gasteiger partial charge < -0.3 is 14.9 Å². The summed E-state index contributed by atoms with van der Waals surface area (Å²) in [4.78, 5) is 47.6. The normalized spacial score (nSPS) is 30.6. The SMILES string of the molecule is C.C/C=C(/C)[C@H]1C[C@H]2C3=Nc4cccc(C)c4[C@@]3(O)CCN2C[C@H]1CC.CC[C@@H]1CN2CC[C@@]3(O)C(=Nc4cccc(C)c43)[C@@H]2C[C@@H]1/C(C)=C/OC.O=C=O.O=C=O. The maximum atomic E-state index is 11.6. The first-order chi connectivity index (χ1) is 27.3. The third-order valence-electron chi connectivity index (χ3n) is 13.7. The Morgan fingerprint density at radius 3 is 1.53 bits per heavy atom. The zero-order valence-electron chi connectivity index (χ0n) is 34.9. The molecule has 6 heterocycles. The summed E-state index contributed by atoms with van der Waals surface area (Å²) in [5.41, 5.74) is 9.38. The molecule has 0 spiro atoms. The molecule has 11 heteroatoms. The number of hydrogen-bond acceptors (Lipinski definition) is 11. The second kappa shape index (κ2) is 19.6. The minimum atomic E-state index is -0.885. The number of methoxy groups -OCH3 is 1. The fourth-order valence-corrected chi connectivity index (χ4v) is 10.9. The molecule has 2 N–H and O–H groups in total. The van der Waals surface area contributed by atoms with E-state index in [4.69, 9.17) is 33.9 Å². The van der Waals surface area contributed by atoms with Gasteiger partial charge in [0.15, 0.2) is 0 Å². The van der Waals surface area contributed by atoms with Crippen molar-refractivity contribution in [2.24, 2.45) is 33.7 Å². The Bertz CT molecular complexity index is 1960. The highest BCUT2D eigenvalue weighted by molar-refractivity contribution is 6.05. The largest absolute Gasteiger partial charge is 0.504 e. The van der Waals surface area contributed by atoms with Gasteiger partial charge in [-0.15, -0.1) is 0 Å². The van der Waals surface area contributed by atoms with E-state index in [1.165, 1.54) is 24.0 Å². The molecular formula is C47H64N4O7.